The number of anilines is 2. The number of hydrogen-bond donors (Lipinski definition) is 3. The zero-order chi connectivity index (χ0) is 30.9. The van der Waals surface area contributed by atoms with E-state index < -0.39 is 33.5 Å². The lowest BCUT2D eigenvalue weighted by Crippen LogP contribution is -2.40. The third kappa shape index (κ3) is 8.01. The average molecular weight is 630 g/mol. The van der Waals surface area contributed by atoms with Gasteiger partial charge in [0.15, 0.2) is 5.69 Å². The summed E-state index contributed by atoms with van der Waals surface area (Å²) in [5, 5.41) is 5.90. The Hall–Kier alpha value is -3.17. The number of amides is 1. The maximum atomic E-state index is 14.3. The Morgan fingerprint density at radius 2 is 1.83 bits per heavy atom. The second-order valence-electron chi connectivity index (χ2n) is 11.4. The summed E-state index contributed by atoms with van der Waals surface area (Å²) in [6.07, 6.45) is -0.793. The van der Waals surface area contributed by atoms with E-state index in [4.69, 9.17) is 9.15 Å². The topological polar surface area (TPSA) is 135 Å². The molecule has 3 aromatic rings. The molecule has 2 heterocycles. The van der Waals surface area contributed by atoms with E-state index in [1.54, 1.807) is 34.6 Å². The van der Waals surface area contributed by atoms with Gasteiger partial charge in [0.2, 0.25) is 10.0 Å². The second-order valence-corrected chi connectivity index (χ2v) is 14.1. The Kier molecular flexibility index (Phi) is 9.23. The van der Waals surface area contributed by atoms with Crippen molar-refractivity contribution in [2.45, 2.75) is 95.0 Å². The summed E-state index contributed by atoms with van der Waals surface area (Å²) in [6, 6.07) is 3.98. The Balaban J connectivity index is 1.70. The molecule has 3 N–H and O–H groups in total. The largest absolute Gasteiger partial charge is 0.447 e. The summed E-state index contributed by atoms with van der Waals surface area (Å²) < 4.78 is 82.9. The van der Waals surface area contributed by atoms with Gasteiger partial charge in [-0.25, -0.2) is 27.9 Å². The molecule has 15 heteroatoms. The maximum absolute atomic E-state index is 14.3. The summed E-state index contributed by atoms with van der Waals surface area (Å²) in [7, 11) is -4.29. The molecule has 2 aromatic heterocycles. The van der Waals surface area contributed by atoms with E-state index in [-0.39, 0.29) is 50.1 Å². The van der Waals surface area contributed by atoms with Gasteiger partial charge in [0, 0.05) is 28.7 Å². The highest BCUT2D eigenvalue weighted by molar-refractivity contribution is 7.89. The van der Waals surface area contributed by atoms with Gasteiger partial charge in [-0.3, -0.25) is 0 Å². The number of alkyl halides is 3. The van der Waals surface area contributed by atoms with Crippen molar-refractivity contribution in [1.82, 2.24) is 20.0 Å². The Morgan fingerprint density at radius 1 is 1.14 bits per heavy atom. The van der Waals surface area contributed by atoms with E-state index in [0.717, 1.165) is 11.3 Å². The fourth-order valence-electron chi connectivity index (χ4n) is 4.66. The molecule has 4 rings (SSSR count). The normalized spacial score (nSPS) is 18.2. The summed E-state index contributed by atoms with van der Waals surface area (Å²) in [5.74, 6) is -0.275. The van der Waals surface area contributed by atoms with E-state index in [0.29, 0.717) is 25.7 Å². The van der Waals surface area contributed by atoms with Crippen LogP contribution >= 0.6 is 11.3 Å². The Bertz CT molecular complexity index is 1490. The van der Waals surface area contributed by atoms with Crippen molar-refractivity contribution in [3.8, 4) is 10.4 Å². The molecule has 0 saturated heterocycles. The van der Waals surface area contributed by atoms with Crippen LogP contribution < -0.4 is 15.4 Å². The van der Waals surface area contributed by atoms with E-state index in [1.807, 2.05) is 0 Å². The minimum Gasteiger partial charge on any atom is -0.447 e. The van der Waals surface area contributed by atoms with Gasteiger partial charge in [0.1, 0.15) is 6.26 Å². The molecule has 0 unspecified atom stereocenters. The highest BCUT2D eigenvalue weighted by Crippen LogP contribution is 2.46. The van der Waals surface area contributed by atoms with Gasteiger partial charge in [0.05, 0.1) is 27.1 Å². The van der Waals surface area contributed by atoms with Crippen molar-refractivity contribution in [1.29, 1.82) is 0 Å². The second kappa shape index (κ2) is 12.2. The quantitative estimate of drug-likeness (QED) is 0.248. The zero-order valence-corrected chi connectivity index (χ0v) is 25.5. The van der Waals surface area contributed by atoms with Crippen LogP contribution in [0, 0.1) is 0 Å². The van der Waals surface area contributed by atoms with Gasteiger partial charge in [-0.05, 0) is 72.4 Å². The standard InChI is InChI=1S/C27H34F3N5O5S2/c1-15(2)40-25(36)33-17-8-6-16(7-9-17)23-34-22(27(28,29)30)21(41-23)19-11-10-18(32-24-31-12-13-39-24)14-20(19)42(37,38)35-26(3,4)5/h10-17,35H,6-9H2,1-5H3,(H,31,32)(H,33,36). The predicted octanol–water partition coefficient (Wildman–Crippen LogP) is 6.80. The first kappa shape index (κ1) is 31.8. The van der Waals surface area contributed by atoms with Crippen LogP contribution in [0.15, 0.2) is 40.0 Å². The number of benzene rings is 1. The molecule has 1 fully saturated rings. The molecular formula is C27H34F3N5O5S2. The van der Waals surface area contributed by atoms with Gasteiger partial charge in [-0.1, -0.05) is 6.07 Å². The average Bonchev–Trinajstić information content (AvgIpc) is 3.53. The number of carbonyl (C=O) groups excluding carboxylic acids is 1. The predicted molar refractivity (Wildman–Crippen MR) is 152 cm³/mol. The van der Waals surface area contributed by atoms with E-state index in [9.17, 15) is 26.4 Å². The third-order valence-electron chi connectivity index (χ3n) is 6.29. The van der Waals surface area contributed by atoms with Crippen LogP contribution in [-0.2, 0) is 20.9 Å². The van der Waals surface area contributed by atoms with Crippen LogP contribution in [0.3, 0.4) is 0 Å². The van der Waals surface area contributed by atoms with E-state index in [2.05, 4.69) is 25.3 Å². The van der Waals surface area contributed by atoms with Crippen LogP contribution in [0.5, 0.6) is 0 Å². The van der Waals surface area contributed by atoms with Gasteiger partial charge in [0.25, 0.3) is 6.01 Å². The highest BCUT2D eigenvalue weighted by Gasteiger charge is 2.41. The van der Waals surface area contributed by atoms with Crippen LogP contribution in [-0.4, -0.2) is 42.2 Å². The third-order valence-corrected chi connectivity index (χ3v) is 9.34. The van der Waals surface area contributed by atoms with Gasteiger partial charge < -0.3 is 19.8 Å². The lowest BCUT2D eigenvalue weighted by atomic mass is 9.86. The number of halogens is 3. The van der Waals surface area contributed by atoms with Crippen LogP contribution in [0.2, 0.25) is 0 Å². The van der Waals surface area contributed by atoms with Crippen molar-refractivity contribution in [3.63, 3.8) is 0 Å². The number of thiazole rings is 1. The number of oxazole rings is 1. The van der Waals surface area contributed by atoms with Crippen molar-refractivity contribution >= 4 is 39.2 Å². The number of nitrogens with zero attached hydrogens (tertiary/aromatic N) is 2. The SMILES string of the molecule is CC(C)OC(=O)NC1CCC(c2nc(C(F)(F)F)c(-c3ccc(Nc4ncco4)cc3S(=O)(=O)NC(C)(C)C)s2)CC1. The number of rotatable bonds is 8. The van der Waals surface area contributed by atoms with Crippen molar-refractivity contribution in [2.24, 2.45) is 0 Å². The monoisotopic (exact) mass is 629 g/mol. The fraction of sp³-hybridized carbons (Fsp3) is 0.519. The number of alkyl carbamates (subject to hydrolysis) is 1. The number of nitrogens with one attached hydrogen (secondary N) is 3. The molecule has 1 amide bonds. The van der Waals surface area contributed by atoms with Crippen LogP contribution in [0.1, 0.15) is 76.9 Å². The van der Waals surface area contributed by atoms with Gasteiger partial charge >= 0.3 is 12.3 Å². The van der Waals surface area contributed by atoms with E-state index >= 15 is 0 Å². The molecule has 0 radical (unpaired) electrons. The molecule has 10 nitrogen and oxygen atoms in total. The van der Waals surface area contributed by atoms with E-state index in [1.165, 1.54) is 30.7 Å². The molecule has 1 aromatic carbocycles. The van der Waals surface area contributed by atoms with Crippen LogP contribution in [0.4, 0.5) is 29.7 Å². The maximum Gasteiger partial charge on any atom is 0.434 e. The molecule has 1 aliphatic carbocycles. The summed E-state index contributed by atoms with van der Waals surface area (Å²) in [6.45, 7) is 8.40. The molecule has 0 bridgehead atoms. The summed E-state index contributed by atoms with van der Waals surface area (Å²) >= 11 is 0.842. The minimum atomic E-state index is -4.82. The smallest absolute Gasteiger partial charge is 0.434 e. The first-order valence-electron chi connectivity index (χ1n) is 13.4. The molecule has 1 saturated carbocycles. The molecule has 0 aliphatic heterocycles. The lowest BCUT2D eigenvalue weighted by molar-refractivity contribution is -0.140. The molecule has 0 spiro atoms. The van der Waals surface area contributed by atoms with Crippen molar-refractivity contribution in [2.75, 3.05) is 5.32 Å². The molecule has 0 atom stereocenters. The molecular weight excluding hydrogens is 595 g/mol. The highest BCUT2D eigenvalue weighted by atomic mass is 32.2. The molecule has 230 valence electrons. The summed E-state index contributed by atoms with van der Waals surface area (Å²) in [4.78, 5) is 19.3. The zero-order valence-electron chi connectivity index (χ0n) is 23.8. The molecule has 1 aliphatic rings. The van der Waals surface area contributed by atoms with Crippen molar-refractivity contribution < 1.29 is 35.5 Å². The number of ether oxygens (including phenoxy) is 1. The number of carbonyl (C=O) groups is 1. The first-order chi connectivity index (χ1) is 19.5. The van der Waals surface area contributed by atoms with Crippen molar-refractivity contribution in [3.05, 3.63) is 41.4 Å². The minimum absolute atomic E-state index is 0.0912. The van der Waals surface area contributed by atoms with Gasteiger partial charge in [-0.2, -0.15) is 13.2 Å². The number of aromatic nitrogens is 2. The summed E-state index contributed by atoms with van der Waals surface area (Å²) in [5.41, 5.74) is -1.89. The number of hydrogen-bond acceptors (Lipinski definition) is 9. The van der Waals surface area contributed by atoms with Crippen LogP contribution in [0.25, 0.3) is 10.4 Å². The Morgan fingerprint density at radius 3 is 2.40 bits per heavy atom. The number of sulfonamides is 1. The Labute approximate surface area is 246 Å². The van der Waals surface area contributed by atoms with Gasteiger partial charge in [-0.15, -0.1) is 11.3 Å². The fourth-order valence-corrected chi connectivity index (χ4v) is 7.68. The lowest BCUT2D eigenvalue weighted by Gasteiger charge is -2.28. The first-order valence-corrected chi connectivity index (χ1v) is 15.7. The molecule has 42 heavy (non-hydrogen) atoms.